The van der Waals surface area contributed by atoms with Gasteiger partial charge < -0.3 is 9.47 Å². The van der Waals surface area contributed by atoms with Crippen LogP contribution >= 0.6 is 11.6 Å². The van der Waals surface area contributed by atoms with Crippen molar-refractivity contribution in [1.82, 2.24) is 0 Å². The van der Waals surface area contributed by atoms with Crippen LogP contribution < -0.4 is 4.74 Å². The van der Waals surface area contributed by atoms with Crippen LogP contribution in [0.25, 0.3) is 0 Å². The second-order valence-electron chi connectivity index (χ2n) is 4.96. The predicted molar refractivity (Wildman–Crippen MR) is 77.6 cm³/mol. The fraction of sp³-hybridized carbons (Fsp3) is 0.250. The fourth-order valence-corrected chi connectivity index (χ4v) is 2.28. The van der Waals surface area contributed by atoms with Crippen LogP contribution in [-0.4, -0.2) is 6.79 Å². The van der Waals surface area contributed by atoms with Crippen molar-refractivity contribution in [3.05, 3.63) is 64.2 Å². The molecule has 142 valence electrons. The first-order valence-corrected chi connectivity index (χ1v) is 7.48. The topological polar surface area (TPSA) is 18.5 Å². The average Bonchev–Trinajstić information content (AvgIpc) is 2.58. The zero-order chi connectivity index (χ0) is 19.5. The van der Waals surface area contributed by atoms with Crippen LogP contribution in [0.15, 0.2) is 24.3 Å². The summed E-state index contributed by atoms with van der Waals surface area (Å²) in [5.74, 6) is -9.04. The summed E-state index contributed by atoms with van der Waals surface area (Å²) in [7, 11) is 0. The number of para-hydroxylation sites is 1. The molecule has 2 aromatic rings. The van der Waals surface area contributed by atoms with E-state index < -0.39 is 54.0 Å². The molecule has 0 aliphatic heterocycles. The molecule has 2 aromatic carbocycles. The van der Waals surface area contributed by atoms with E-state index in [0.29, 0.717) is 11.3 Å². The van der Waals surface area contributed by atoms with Gasteiger partial charge >= 0.3 is 6.18 Å². The number of rotatable bonds is 6. The minimum absolute atomic E-state index is 0.106. The van der Waals surface area contributed by atoms with Gasteiger partial charge in [0.2, 0.25) is 0 Å². The van der Waals surface area contributed by atoms with Gasteiger partial charge in [0.05, 0.1) is 18.1 Å². The summed E-state index contributed by atoms with van der Waals surface area (Å²) in [6.45, 7) is -1.64. The van der Waals surface area contributed by atoms with Crippen molar-refractivity contribution in [1.29, 1.82) is 0 Å². The first kappa shape index (κ1) is 20.3. The van der Waals surface area contributed by atoms with Crippen molar-refractivity contribution in [2.24, 2.45) is 0 Å². The van der Waals surface area contributed by atoms with Gasteiger partial charge in [0.1, 0.15) is 11.3 Å². The lowest BCUT2D eigenvalue weighted by Crippen LogP contribution is -2.18. The van der Waals surface area contributed by atoms with Crippen molar-refractivity contribution >= 4 is 11.6 Å². The molecule has 2 nitrogen and oxygen atoms in total. The van der Waals surface area contributed by atoms with Crippen molar-refractivity contribution in [3.8, 4) is 5.75 Å². The largest absolute Gasteiger partial charge is 0.467 e. The van der Waals surface area contributed by atoms with Gasteiger partial charge in [-0.25, -0.2) is 17.6 Å². The van der Waals surface area contributed by atoms with E-state index in [0.717, 1.165) is 0 Å². The Balaban J connectivity index is 2.13. The quantitative estimate of drug-likeness (QED) is 0.207. The summed E-state index contributed by atoms with van der Waals surface area (Å²) in [6, 6.07) is 6.47. The number of hydrogen-bond donors (Lipinski definition) is 0. The van der Waals surface area contributed by atoms with Gasteiger partial charge in [-0.2, -0.15) is 13.2 Å². The number of halogens is 8. The molecule has 0 amide bonds. The lowest BCUT2D eigenvalue weighted by Gasteiger charge is -2.14. The second-order valence-corrected chi connectivity index (χ2v) is 5.23. The molecule has 10 heteroatoms. The molecule has 0 radical (unpaired) electrons. The highest BCUT2D eigenvalue weighted by Gasteiger charge is 2.42. The molecule has 0 unspecified atom stereocenters. The van der Waals surface area contributed by atoms with Crippen LogP contribution in [0, 0.1) is 23.3 Å². The Kier molecular flexibility index (Phi) is 6.35. The minimum atomic E-state index is -5.59. The van der Waals surface area contributed by atoms with Gasteiger partial charge in [0.25, 0.3) is 0 Å². The van der Waals surface area contributed by atoms with E-state index in [1.165, 1.54) is 6.07 Å². The first-order valence-electron chi connectivity index (χ1n) is 6.94. The number of ether oxygens (including phenoxy) is 2. The zero-order valence-electron chi connectivity index (χ0n) is 12.8. The number of benzene rings is 2. The zero-order valence-corrected chi connectivity index (χ0v) is 13.5. The molecule has 0 saturated carbocycles. The third kappa shape index (κ3) is 4.21. The molecule has 0 spiro atoms. The van der Waals surface area contributed by atoms with Gasteiger partial charge in [-0.15, -0.1) is 11.6 Å². The monoisotopic (exact) mass is 402 g/mol. The molecular weight excluding hydrogens is 393 g/mol. The van der Waals surface area contributed by atoms with Gasteiger partial charge in [-0.3, -0.25) is 0 Å². The second kappa shape index (κ2) is 8.13. The lowest BCUT2D eigenvalue weighted by atomic mass is 10.1. The molecule has 0 aliphatic rings. The normalized spacial score (nSPS) is 11.7. The van der Waals surface area contributed by atoms with E-state index in [1.54, 1.807) is 18.2 Å². The van der Waals surface area contributed by atoms with Crippen LogP contribution in [0.3, 0.4) is 0 Å². The summed E-state index contributed by atoms with van der Waals surface area (Å²) in [4.78, 5) is 0. The van der Waals surface area contributed by atoms with E-state index in [9.17, 15) is 30.7 Å². The summed E-state index contributed by atoms with van der Waals surface area (Å²) < 4.78 is 102. The predicted octanol–water partition coefficient (Wildman–Crippen LogP) is 5.55. The SMILES string of the molecule is Fc1c(F)c(C(F)(F)F)c(F)c(F)c1COCOc1ccccc1CCl. The van der Waals surface area contributed by atoms with Gasteiger partial charge in [-0.1, -0.05) is 18.2 Å². The smallest absolute Gasteiger partial charge is 0.422 e. The van der Waals surface area contributed by atoms with E-state index in [1.807, 2.05) is 0 Å². The molecule has 0 bridgehead atoms. The van der Waals surface area contributed by atoms with Crippen LogP contribution in [0.1, 0.15) is 16.7 Å². The van der Waals surface area contributed by atoms with Crippen molar-refractivity contribution in [3.63, 3.8) is 0 Å². The third-order valence-corrected chi connectivity index (χ3v) is 3.59. The van der Waals surface area contributed by atoms with Crippen LogP contribution in [0.4, 0.5) is 30.7 Å². The van der Waals surface area contributed by atoms with E-state index in [-0.39, 0.29) is 5.88 Å². The number of alkyl halides is 4. The summed E-state index contributed by atoms with van der Waals surface area (Å²) in [5, 5.41) is 0. The Morgan fingerprint density at radius 2 is 1.46 bits per heavy atom. The molecule has 26 heavy (non-hydrogen) atoms. The average molecular weight is 403 g/mol. The Bertz CT molecular complexity index is 764. The van der Waals surface area contributed by atoms with Gasteiger partial charge in [0, 0.05) is 5.56 Å². The van der Waals surface area contributed by atoms with Crippen LogP contribution in [-0.2, 0) is 23.4 Å². The van der Waals surface area contributed by atoms with Crippen LogP contribution in [0.5, 0.6) is 5.75 Å². The highest BCUT2D eigenvalue weighted by atomic mass is 35.5. The molecule has 0 atom stereocenters. The Morgan fingerprint density at radius 1 is 0.885 bits per heavy atom. The molecule has 0 N–H and O–H groups in total. The van der Waals surface area contributed by atoms with E-state index in [4.69, 9.17) is 21.1 Å². The van der Waals surface area contributed by atoms with E-state index in [2.05, 4.69) is 0 Å². The Morgan fingerprint density at radius 3 is 2.00 bits per heavy atom. The maximum Gasteiger partial charge on any atom is 0.422 e. The summed E-state index contributed by atoms with van der Waals surface area (Å²) >= 11 is 5.67. The summed E-state index contributed by atoms with van der Waals surface area (Å²) in [5.41, 5.74) is -3.37. The standard InChI is InChI=1S/C16H10ClF7O2/c17-5-8-3-1-2-4-10(8)26-7-25-6-9-12(18)14(20)11(16(22,23)24)15(21)13(9)19/h1-4H,5-7H2. The lowest BCUT2D eigenvalue weighted by molar-refractivity contribution is -0.143. The molecule has 0 aromatic heterocycles. The Hall–Kier alpha value is -2.00. The highest BCUT2D eigenvalue weighted by molar-refractivity contribution is 6.17. The molecule has 0 saturated heterocycles. The molecule has 2 rings (SSSR count). The first-order chi connectivity index (χ1) is 12.2. The molecule has 0 heterocycles. The Labute approximate surface area is 148 Å². The highest BCUT2D eigenvalue weighted by Crippen LogP contribution is 2.37. The fourth-order valence-electron chi connectivity index (χ4n) is 2.06. The van der Waals surface area contributed by atoms with Gasteiger partial charge in [0.15, 0.2) is 30.1 Å². The third-order valence-electron chi connectivity index (χ3n) is 3.30. The van der Waals surface area contributed by atoms with Crippen molar-refractivity contribution < 1.29 is 40.2 Å². The van der Waals surface area contributed by atoms with Crippen LogP contribution in [0.2, 0.25) is 0 Å². The van der Waals surface area contributed by atoms with E-state index >= 15 is 0 Å². The summed E-state index contributed by atoms with van der Waals surface area (Å²) in [6.07, 6.45) is -5.59. The minimum Gasteiger partial charge on any atom is -0.467 e. The van der Waals surface area contributed by atoms with Gasteiger partial charge in [-0.05, 0) is 6.07 Å². The molecule has 0 aliphatic carbocycles. The van der Waals surface area contributed by atoms with Crippen molar-refractivity contribution in [2.75, 3.05) is 6.79 Å². The maximum absolute atomic E-state index is 13.7. The van der Waals surface area contributed by atoms with Crippen molar-refractivity contribution in [2.45, 2.75) is 18.7 Å². The molecular formula is C16H10ClF7O2. The number of hydrogen-bond acceptors (Lipinski definition) is 2. The maximum atomic E-state index is 13.7. The molecule has 0 fully saturated rings.